The van der Waals surface area contributed by atoms with Gasteiger partial charge in [0.15, 0.2) is 0 Å². The standard InChI is InChI=1S/C30H45N7O5/c1-30(2,3)42-28(40)31-22-9-11-34(12-10-22)13-14-35-15-17-36(18-16-35)20-21-5-6-23-25(19-21)33(4)29(41)37(23)24-7-8-26(38)32-27(24)39/h5-6,19,22,24H,7-18,20H2,1-4H3,(H,31,40)(H,32,38,39). The van der Waals surface area contributed by atoms with E-state index in [1.165, 1.54) is 4.57 Å². The van der Waals surface area contributed by atoms with E-state index in [1.807, 2.05) is 39.0 Å². The number of nitrogens with zero attached hydrogens (tertiary/aromatic N) is 5. The number of benzene rings is 1. The molecule has 230 valence electrons. The van der Waals surface area contributed by atoms with Crippen LogP contribution < -0.4 is 16.3 Å². The van der Waals surface area contributed by atoms with E-state index in [1.54, 1.807) is 11.6 Å². The fourth-order valence-corrected chi connectivity index (χ4v) is 6.22. The number of imide groups is 1. The second-order valence-electron chi connectivity index (χ2n) is 12.9. The number of piperazine rings is 1. The second-order valence-corrected chi connectivity index (χ2v) is 12.9. The van der Waals surface area contributed by atoms with Gasteiger partial charge in [-0.3, -0.25) is 33.8 Å². The van der Waals surface area contributed by atoms with Gasteiger partial charge in [-0.2, -0.15) is 0 Å². The van der Waals surface area contributed by atoms with E-state index in [4.69, 9.17) is 4.74 Å². The zero-order chi connectivity index (χ0) is 30.0. The van der Waals surface area contributed by atoms with E-state index >= 15 is 0 Å². The Morgan fingerprint density at radius 3 is 2.21 bits per heavy atom. The van der Waals surface area contributed by atoms with Crippen molar-refractivity contribution in [3.63, 3.8) is 0 Å². The van der Waals surface area contributed by atoms with Crippen LogP contribution in [0.1, 0.15) is 58.1 Å². The number of amides is 3. The third-order valence-electron chi connectivity index (χ3n) is 8.59. The normalized spacial score (nSPS) is 22.0. The summed E-state index contributed by atoms with van der Waals surface area (Å²) < 4.78 is 8.51. The summed E-state index contributed by atoms with van der Waals surface area (Å²) in [6.07, 6.45) is 2.13. The molecule has 3 aliphatic rings. The summed E-state index contributed by atoms with van der Waals surface area (Å²) in [6, 6.07) is 5.53. The zero-order valence-electron chi connectivity index (χ0n) is 25.4. The molecule has 4 heterocycles. The third-order valence-corrected chi connectivity index (χ3v) is 8.59. The van der Waals surface area contributed by atoms with Crippen molar-refractivity contribution < 1.29 is 19.1 Å². The third kappa shape index (κ3) is 7.22. The van der Waals surface area contributed by atoms with Crippen LogP contribution in [-0.4, -0.2) is 106 Å². The predicted octanol–water partition coefficient (Wildman–Crippen LogP) is 1.42. The fourth-order valence-electron chi connectivity index (χ4n) is 6.22. The Hall–Kier alpha value is -3.22. The molecule has 5 rings (SSSR count). The van der Waals surface area contributed by atoms with Gasteiger partial charge >= 0.3 is 11.8 Å². The first-order valence-electron chi connectivity index (χ1n) is 15.2. The number of likely N-dealkylation sites (tertiary alicyclic amines) is 1. The van der Waals surface area contributed by atoms with Gasteiger partial charge in [0.2, 0.25) is 11.8 Å². The predicted molar refractivity (Wildman–Crippen MR) is 159 cm³/mol. The highest BCUT2D eigenvalue weighted by Crippen LogP contribution is 2.24. The minimum absolute atomic E-state index is 0.178. The Labute approximate surface area is 246 Å². The lowest BCUT2D eigenvalue weighted by molar-refractivity contribution is -0.135. The van der Waals surface area contributed by atoms with E-state index in [-0.39, 0.29) is 30.2 Å². The van der Waals surface area contributed by atoms with E-state index in [0.29, 0.717) is 6.42 Å². The first kappa shape index (κ1) is 30.2. The number of nitrogens with one attached hydrogen (secondary N) is 2. The molecule has 3 amide bonds. The summed E-state index contributed by atoms with van der Waals surface area (Å²) >= 11 is 0. The van der Waals surface area contributed by atoms with Crippen LogP contribution in [0.2, 0.25) is 0 Å². The lowest BCUT2D eigenvalue weighted by Gasteiger charge is -2.37. The smallest absolute Gasteiger partial charge is 0.407 e. The van der Waals surface area contributed by atoms with Crippen molar-refractivity contribution in [3.05, 3.63) is 34.2 Å². The van der Waals surface area contributed by atoms with Crippen LogP contribution in [0.15, 0.2) is 23.0 Å². The molecule has 1 atom stereocenters. The SMILES string of the molecule is Cn1c(=O)n(C2CCC(=O)NC2=O)c2ccc(CN3CCN(CCN4CCC(NC(=O)OC(C)(C)C)CC4)CC3)cc21. The number of piperidine rings is 2. The molecule has 0 saturated carbocycles. The van der Waals surface area contributed by atoms with Crippen LogP contribution in [0, 0.1) is 0 Å². The molecule has 42 heavy (non-hydrogen) atoms. The Morgan fingerprint density at radius 1 is 0.929 bits per heavy atom. The van der Waals surface area contributed by atoms with Crippen molar-refractivity contribution in [2.45, 2.75) is 70.7 Å². The maximum Gasteiger partial charge on any atom is 0.407 e. The molecule has 0 bridgehead atoms. The molecular weight excluding hydrogens is 538 g/mol. The number of imidazole rings is 1. The topological polar surface area (TPSA) is 121 Å². The summed E-state index contributed by atoms with van der Waals surface area (Å²) in [6.45, 7) is 14.5. The summed E-state index contributed by atoms with van der Waals surface area (Å²) in [5, 5.41) is 5.37. The average molecular weight is 584 g/mol. The van der Waals surface area contributed by atoms with Gasteiger partial charge < -0.3 is 15.0 Å². The lowest BCUT2D eigenvalue weighted by Crippen LogP contribution is -2.50. The first-order chi connectivity index (χ1) is 20.0. The number of aromatic nitrogens is 2. The Bertz CT molecular complexity index is 1360. The summed E-state index contributed by atoms with van der Waals surface area (Å²) in [7, 11) is 1.73. The second kappa shape index (κ2) is 12.6. The molecule has 1 aromatic heterocycles. The monoisotopic (exact) mass is 583 g/mol. The van der Waals surface area contributed by atoms with E-state index in [0.717, 1.165) is 88.3 Å². The zero-order valence-corrected chi connectivity index (χ0v) is 25.4. The van der Waals surface area contributed by atoms with Gasteiger partial charge in [0.05, 0.1) is 11.0 Å². The largest absolute Gasteiger partial charge is 0.444 e. The average Bonchev–Trinajstić information content (AvgIpc) is 3.17. The van der Waals surface area contributed by atoms with Gasteiger partial charge in [0.25, 0.3) is 0 Å². The van der Waals surface area contributed by atoms with Crippen molar-refractivity contribution in [2.75, 3.05) is 52.4 Å². The molecule has 1 aromatic carbocycles. The number of carbonyl (C=O) groups is 3. The minimum atomic E-state index is -0.668. The maximum atomic E-state index is 13.1. The molecule has 2 aromatic rings. The number of rotatable bonds is 7. The molecule has 1 unspecified atom stereocenters. The fraction of sp³-hybridized carbons (Fsp3) is 0.667. The van der Waals surface area contributed by atoms with Gasteiger partial charge in [-0.25, -0.2) is 9.59 Å². The lowest BCUT2D eigenvalue weighted by atomic mass is 10.1. The van der Waals surface area contributed by atoms with Gasteiger partial charge in [-0.15, -0.1) is 0 Å². The van der Waals surface area contributed by atoms with Crippen LogP contribution in [0.3, 0.4) is 0 Å². The molecular formula is C30H45N7O5. The van der Waals surface area contributed by atoms with Crippen molar-refractivity contribution in [2.24, 2.45) is 7.05 Å². The number of carbonyl (C=O) groups excluding carboxylic acids is 3. The summed E-state index contributed by atoms with van der Waals surface area (Å²) in [5.74, 6) is -0.705. The van der Waals surface area contributed by atoms with Crippen LogP contribution in [0.4, 0.5) is 4.79 Å². The van der Waals surface area contributed by atoms with Crippen molar-refractivity contribution in [1.29, 1.82) is 0 Å². The number of fused-ring (bicyclic) bond motifs is 1. The number of aryl methyl sites for hydroxylation is 1. The Balaban J connectivity index is 1.07. The Morgan fingerprint density at radius 2 is 1.57 bits per heavy atom. The van der Waals surface area contributed by atoms with Gasteiger partial charge in [-0.05, 0) is 57.7 Å². The van der Waals surface area contributed by atoms with Gasteiger partial charge in [0.1, 0.15) is 11.6 Å². The van der Waals surface area contributed by atoms with Crippen molar-refractivity contribution in [3.8, 4) is 0 Å². The number of hydrogen-bond donors (Lipinski definition) is 2. The molecule has 12 nitrogen and oxygen atoms in total. The summed E-state index contributed by atoms with van der Waals surface area (Å²) in [4.78, 5) is 56.6. The summed E-state index contributed by atoms with van der Waals surface area (Å²) in [5.41, 5.74) is 1.93. The van der Waals surface area contributed by atoms with Crippen LogP contribution in [0.5, 0.6) is 0 Å². The molecule has 0 spiro atoms. The molecule has 3 saturated heterocycles. The highest BCUT2D eigenvalue weighted by molar-refractivity contribution is 6.00. The highest BCUT2D eigenvalue weighted by atomic mass is 16.6. The highest BCUT2D eigenvalue weighted by Gasteiger charge is 2.31. The van der Waals surface area contributed by atoms with Crippen LogP contribution >= 0.6 is 0 Å². The van der Waals surface area contributed by atoms with Gasteiger partial charge in [0, 0.05) is 78.4 Å². The molecule has 2 N–H and O–H groups in total. The molecule has 3 aliphatic heterocycles. The Kier molecular flexibility index (Phi) is 9.05. The number of alkyl carbamates (subject to hydrolysis) is 1. The van der Waals surface area contributed by atoms with E-state index in [9.17, 15) is 19.2 Å². The number of ether oxygens (including phenoxy) is 1. The van der Waals surface area contributed by atoms with Crippen molar-refractivity contribution in [1.82, 2.24) is 34.5 Å². The quantitative estimate of drug-likeness (QED) is 0.470. The van der Waals surface area contributed by atoms with Crippen molar-refractivity contribution >= 4 is 28.9 Å². The van der Waals surface area contributed by atoms with E-state index < -0.39 is 17.6 Å². The van der Waals surface area contributed by atoms with Gasteiger partial charge in [-0.1, -0.05) is 6.07 Å². The van der Waals surface area contributed by atoms with E-state index in [2.05, 4.69) is 25.3 Å². The molecule has 12 heteroatoms. The molecule has 0 radical (unpaired) electrons. The first-order valence-corrected chi connectivity index (χ1v) is 15.2. The number of hydrogen-bond acceptors (Lipinski definition) is 8. The van der Waals surface area contributed by atoms with Crippen LogP contribution in [-0.2, 0) is 27.9 Å². The maximum absolute atomic E-state index is 13.1. The van der Waals surface area contributed by atoms with Crippen LogP contribution in [0.25, 0.3) is 11.0 Å². The molecule has 0 aliphatic carbocycles. The molecule has 3 fully saturated rings. The minimum Gasteiger partial charge on any atom is -0.444 e.